The van der Waals surface area contributed by atoms with E-state index in [0.29, 0.717) is 13.0 Å². The molecule has 18 heavy (non-hydrogen) atoms. The topological polar surface area (TPSA) is 57.6 Å². The third kappa shape index (κ3) is 2.01. The largest absolute Gasteiger partial charge is 0.479 e. The van der Waals surface area contributed by atoms with Crippen LogP contribution >= 0.6 is 0 Å². The van der Waals surface area contributed by atoms with E-state index in [1.54, 1.807) is 12.2 Å². The highest BCUT2D eigenvalue weighted by atomic mass is 16.4. The van der Waals surface area contributed by atoms with Crippen LogP contribution < -0.4 is 0 Å². The Labute approximate surface area is 106 Å². The lowest BCUT2D eigenvalue weighted by molar-refractivity contribution is -0.153. The zero-order valence-corrected chi connectivity index (χ0v) is 10.2. The molecule has 2 rings (SSSR count). The average Bonchev–Trinajstić information content (AvgIpc) is 2.75. The summed E-state index contributed by atoms with van der Waals surface area (Å²) in [6.07, 6.45) is 3.64. The van der Waals surface area contributed by atoms with Gasteiger partial charge < -0.3 is 10.0 Å². The first-order chi connectivity index (χ1) is 8.56. The van der Waals surface area contributed by atoms with Crippen LogP contribution in [0.3, 0.4) is 0 Å². The van der Waals surface area contributed by atoms with Gasteiger partial charge in [0, 0.05) is 19.9 Å². The fraction of sp³-hybridized carbons (Fsp3) is 0.286. The summed E-state index contributed by atoms with van der Waals surface area (Å²) in [5, 5.41) is 9.50. The summed E-state index contributed by atoms with van der Waals surface area (Å²) in [5.41, 5.74) is -0.342. The van der Waals surface area contributed by atoms with E-state index in [1.165, 1.54) is 11.8 Å². The minimum absolute atomic E-state index is 0.224. The quantitative estimate of drug-likeness (QED) is 0.820. The van der Waals surface area contributed by atoms with Crippen molar-refractivity contribution in [3.05, 3.63) is 48.0 Å². The van der Waals surface area contributed by atoms with Gasteiger partial charge in [-0.15, -0.1) is 0 Å². The molecule has 94 valence electrons. The number of rotatable bonds is 3. The van der Waals surface area contributed by atoms with E-state index in [2.05, 4.69) is 0 Å². The van der Waals surface area contributed by atoms with Crippen LogP contribution in [0.15, 0.2) is 42.5 Å². The fourth-order valence-corrected chi connectivity index (χ4v) is 2.34. The predicted octanol–water partition coefficient (Wildman–Crippen LogP) is 1.47. The van der Waals surface area contributed by atoms with Crippen LogP contribution in [0.2, 0.25) is 0 Å². The molecule has 1 atom stereocenters. The second kappa shape index (κ2) is 4.64. The van der Waals surface area contributed by atoms with Crippen molar-refractivity contribution in [2.75, 3.05) is 6.54 Å². The Morgan fingerprint density at radius 2 is 2.00 bits per heavy atom. The Bertz CT molecular complexity index is 495. The van der Waals surface area contributed by atoms with Crippen molar-refractivity contribution >= 4 is 11.9 Å². The summed E-state index contributed by atoms with van der Waals surface area (Å²) in [7, 11) is 0. The number of carbonyl (C=O) groups excluding carboxylic acids is 1. The Balaban J connectivity index is 2.36. The van der Waals surface area contributed by atoms with Crippen LogP contribution in [0.25, 0.3) is 0 Å². The normalized spacial score (nSPS) is 22.2. The number of carboxylic acid groups (broad SMARTS) is 1. The molecular weight excluding hydrogens is 230 g/mol. The van der Waals surface area contributed by atoms with Crippen LogP contribution in [0.4, 0.5) is 0 Å². The maximum absolute atomic E-state index is 11.6. The first-order valence-electron chi connectivity index (χ1n) is 5.79. The molecule has 0 spiro atoms. The van der Waals surface area contributed by atoms with Crippen LogP contribution in [-0.4, -0.2) is 34.0 Å². The molecule has 0 aliphatic carbocycles. The number of benzene rings is 1. The molecule has 1 aromatic carbocycles. The van der Waals surface area contributed by atoms with Gasteiger partial charge in [0.25, 0.3) is 0 Å². The van der Waals surface area contributed by atoms with Gasteiger partial charge in [0.05, 0.1) is 0 Å². The van der Waals surface area contributed by atoms with Crippen molar-refractivity contribution in [3.63, 3.8) is 0 Å². The standard InChI is InChI=1S/C14H15NO3/c1-11(16)15-9-5-8-14(15,13(17)18)10-12-6-3-2-4-7-12/h2-8H,9-10H2,1H3,(H,17,18)/t14-/m1/s1. The number of amides is 1. The zero-order chi connectivity index (χ0) is 13.2. The van der Waals surface area contributed by atoms with Crippen LogP contribution in [0.5, 0.6) is 0 Å². The summed E-state index contributed by atoms with van der Waals surface area (Å²) >= 11 is 0. The van der Waals surface area contributed by atoms with E-state index >= 15 is 0 Å². The lowest BCUT2D eigenvalue weighted by Gasteiger charge is -2.33. The molecule has 0 radical (unpaired) electrons. The SMILES string of the molecule is CC(=O)N1CC=C[C@@]1(Cc1ccccc1)C(=O)O. The maximum Gasteiger partial charge on any atom is 0.334 e. The molecule has 4 nitrogen and oxygen atoms in total. The smallest absolute Gasteiger partial charge is 0.334 e. The number of hydrogen-bond acceptors (Lipinski definition) is 2. The molecule has 4 heteroatoms. The van der Waals surface area contributed by atoms with E-state index in [0.717, 1.165) is 5.56 Å². The summed E-state index contributed by atoms with van der Waals surface area (Å²) in [6, 6.07) is 9.35. The third-order valence-corrected chi connectivity index (χ3v) is 3.23. The highest BCUT2D eigenvalue weighted by Gasteiger charge is 2.45. The van der Waals surface area contributed by atoms with Gasteiger partial charge in [-0.2, -0.15) is 0 Å². The minimum Gasteiger partial charge on any atom is -0.479 e. The van der Waals surface area contributed by atoms with E-state index in [9.17, 15) is 14.7 Å². The first kappa shape index (κ1) is 12.4. The Kier molecular flexibility index (Phi) is 3.19. The van der Waals surface area contributed by atoms with Crippen molar-refractivity contribution in [1.29, 1.82) is 0 Å². The lowest BCUT2D eigenvalue weighted by Crippen LogP contribution is -2.54. The number of nitrogens with zero attached hydrogens (tertiary/aromatic N) is 1. The summed E-state index contributed by atoms with van der Waals surface area (Å²) in [6.45, 7) is 1.75. The molecule has 0 saturated carbocycles. The molecule has 1 aliphatic heterocycles. The van der Waals surface area contributed by atoms with Crippen LogP contribution in [0.1, 0.15) is 12.5 Å². The van der Waals surface area contributed by atoms with Gasteiger partial charge >= 0.3 is 5.97 Å². The molecule has 0 saturated heterocycles. The monoisotopic (exact) mass is 245 g/mol. The summed E-state index contributed by atoms with van der Waals surface area (Å²) < 4.78 is 0. The van der Waals surface area contributed by atoms with E-state index in [-0.39, 0.29) is 5.91 Å². The predicted molar refractivity (Wildman–Crippen MR) is 67.0 cm³/mol. The molecule has 0 fully saturated rings. The Morgan fingerprint density at radius 1 is 1.33 bits per heavy atom. The van der Waals surface area contributed by atoms with Gasteiger partial charge in [0.2, 0.25) is 5.91 Å². The van der Waals surface area contributed by atoms with Crippen LogP contribution in [0, 0.1) is 0 Å². The average molecular weight is 245 g/mol. The van der Waals surface area contributed by atoms with Gasteiger partial charge in [-0.25, -0.2) is 4.79 Å². The third-order valence-electron chi connectivity index (χ3n) is 3.23. The van der Waals surface area contributed by atoms with Crippen molar-refractivity contribution in [2.45, 2.75) is 18.9 Å². The van der Waals surface area contributed by atoms with E-state index < -0.39 is 11.5 Å². The van der Waals surface area contributed by atoms with Crippen molar-refractivity contribution < 1.29 is 14.7 Å². The molecule has 1 amide bonds. The van der Waals surface area contributed by atoms with Gasteiger partial charge in [-0.3, -0.25) is 4.79 Å². The van der Waals surface area contributed by atoms with Gasteiger partial charge in [-0.1, -0.05) is 36.4 Å². The first-order valence-corrected chi connectivity index (χ1v) is 5.79. The van der Waals surface area contributed by atoms with E-state index in [1.807, 2.05) is 30.3 Å². The number of aliphatic carboxylic acids is 1. The molecule has 1 heterocycles. The van der Waals surface area contributed by atoms with Crippen LogP contribution in [-0.2, 0) is 16.0 Å². The molecule has 1 N–H and O–H groups in total. The van der Waals surface area contributed by atoms with Gasteiger partial charge in [-0.05, 0) is 11.6 Å². The van der Waals surface area contributed by atoms with Gasteiger partial charge in [0.15, 0.2) is 5.54 Å². The molecule has 1 aliphatic rings. The second-order valence-corrected chi connectivity index (χ2v) is 4.42. The Hall–Kier alpha value is -2.10. The number of hydrogen-bond donors (Lipinski definition) is 1. The highest BCUT2D eigenvalue weighted by Crippen LogP contribution is 2.28. The summed E-state index contributed by atoms with van der Waals surface area (Å²) in [5.74, 6) is -1.21. The zero-order valence-electron chi connectivity index (χ0n) is 10.2. The maximum atomic E-state index is 11.6. The lowest BCUT2D eigenvalue weighted by atomic mass is 9.90. The van der Waals surface area contributed by atoms with E-state index in [4.69, 9.17) is 0 Å². The number of carboxylic acids is 1. The Morgan fingerprint density at radius 3 is 2.56 bits per heavy atom. The second-order valence-electron chi connectivity index (χ2n) is 4.42. The molecule has 1 aromatic rings. The number of carbonyl (C=O) groups is 2. The van der Waals surface area contributed by atoms with Crippen molar-refractivity contribution in [1.82, 2.24) is 4.90 Å². The molecular formula is C14H15NO3. The highest BCUT2D eigenvalue weighted by molar-refractivity contribution is 5.89. The summed E-state index contributed by atoms with van der Waals surface area (Å²) in [4.78, 5) is 24.6. The molecule has 0 aromatic heterocycles. The fourth-order valence-electron chi connectivity index (χ4n) is 2.34. The minimum atomic E-state index is -1.24. The van der Waals surface area contributed by atoms with Crippen molar-refractivity contribution in [3.8, 4) is 0 Å². The van der Waals surface area contributed by atoms with Gasteiger partial charge in [0.1, 0.15) is 0 Å². The molecule has 0 bridgehead atoms. The van der Waals surface area contributed by atoms with Crippen molar-refractivity contribution in [2.24, 2.45) is 0 Å². The molecule has 0 unspecified atom stereocenters.